The van der Waals surface area contributed by atoms with Gasteiger partial charge in [0.25, 0.3) is 0 Å². The summed E-state index contributed by atoms with van der Waals surface area (Å²) in [4.78, 5) is 22.9. The van der Waals surface area contributed by atoms with Gasteiger partial charge in [-0.1, -0.05) is 83.6 Å². The highest BCUT2D eigenvalue weighted by Gasteiger charge is 2.33. The third kappa shape index (κ3) is 9.79. The summed E-state index contributed by atoms with van der Waals surface area (Å²) in [6.45, 7) is 13.8. The maximum Gasteiger partial charge on any atom is 0.404 e. The van der Waals surface area contributed by atoms with Gasteiger partial charge < -0.3 is 25.1 Å². The Balaban J connectivity index is 2.02. The maximum atomic E-state index is 11.5. The van der Waals surface area contributed by atoms with Crippen molar-refractivity contribution >= 4 is 23.1 Å². The Morgan fingerprint density at radius 1 is 1.00 bits per heavy atom. The van der Waals surface area contributed by atoms with Gasteiger partial charge in [0, 0.05) is 35.1 Å². The molecule has 0 saturated carbocycles. The molecule has 2 unspecified atom stereocenters. The second-order valence-electron chi connectivity index (χ2n) is 11.3. The van der Waals surface area contributed by atoms with Crippen LogP contribution in [0.3, 0.4) is 0 Å². The van der Waals surface area contributed by atoms with E-state index < -0.39 is 24.4 Å². The number of allylic oxidation sites excluding steroid dienone is 2. The van der Waals surface area contributed by atoms with Gasteiger partial charge in [-0.2, -0.15) is 0 Å². The molecule has 0 fully saturated rings. The first kappa shape index (κ1) is 33.0. The van der Waals surface area contributed by atoms with Crippen LogP contribution in [0, 0.1) is 29.6 Å². The van der Waals surface area contributed by atoms with Crippen molar-refractivity contribution in [2.24, 2.45) is 35.3 Å². The fourth-order valence-electron chi connectivity index (χ4n) is 5.29. The number of hydrogen-bond acceptors (Lipinski definition) is 6. The molecule has 1 aromatic carbocycles. The summed E-state index contributed by atoms with van der Waals surface area (Å²) in [5, 5.41) is 22.9. The van der Waals surface area contributed by atoms with Gasteiger partial charge in [0.2, 0.25) is 0 Å². The van der Waals surface area contributed by atoms with Gasteiger partial charge >= 0.3 is 11.7 Å². The number of hydrogen-bond donors (Lipinski definition) is 3. The van der Waals surface area contributed by atoms with Crippen LogP contribution in [0.25, 0.3) is 17.0 Å². The van der Waals surface area contributed by atoms with Gasteiger partial charge in [0.15, 0.2) is 0 Å². The van der Waals surface area contributed by atoms with Gasteiger partial charge in [0.1, 0.15) is 11.7 Å². The quantitative estimate of drug-likeness (QED) is 0.182. The normalized spacial score (nSPS) is 18.8. The highest BCUT2D eigenvalue weighted by molar-refractivity contribution is 5.79. The summed E-state index contributed by atoms with van der Waals surface area (Å²) in [5.74, 6) is -0.688. The Morgan fingerprint density at radius 2 is 1.70 bits per heavy atom. The van der Waals surface area contributed by atoms with E-state index in [0.29, 0.717) is 12.0 Å². The number of fused-ring (bicyclic) bond motifs is 1. The van der Waals surface area contributed by atoms with Crippen LogP contribution in [-0.4, -0.2) is 34.6 Å². The van der Waals surface area contributed by atoms with E-state index in [1.165, 1.54) is 6.07 Å². The third-order valence-electron chi connectivity index (χ3n) is 7.59. The Labute approximate surface area is 238 Å². The Hall–Kier alpha value is -3.16. The lowest BCUT2D eigenvalue weighted by molar-refractivity contribution is -0.0266. The number of primary amides is 1. The molecular weight excluding hydrogens is 506 g/mol. The molecule has 0 radical (unpaired) electrons. The van der Waals surface area contributed by atoms with Gasteiger partial charge in [-0.05, 0) is 49.4 Å². The summed E-state index contributed by atoms with van der Waals surface area (Å²) in [6, 6.07) is 8.72. The van der Waals surface area contributed by atoms with Gasteiger partial charge in [-0.25, -0.2) is 9.59 Å². The molecule has 0 saturated heterocycles. The second kappa shape index (κ2) is 15.6. The molecule has 0 spiro atoms. The minimum absolute atomic E-state index is 0.0824. The number of aliphatic hydroxyl groups excluding tert-OH is 2. The van der Waals surface area contributed by atoms with E-state index in [2.05, 4.69) is 6.08 Å². The predicted octanol–water partition coefficient (Wildman–Crippen LogP) is 6.48. The number of ether oxygens (including phenoxy) is 1. The first-order valence-corrected chi connectivity index (χ1v) is 14.2. The summed E-state index contributed by atoms with van der Waals surface area (Å²) < 4.78 is 10.6. The molecule has 7 nitrogen and oxygen atoms in total. The Morgan fingerprint density at radius 3 is 2.35 bits per heavy atom. The van der Waals surface area contributed by atoms with E-state index in [1.54, 1.807) is 12.1 Å². The van der Waals surface area contributed by atoms with E-state index in [1.807, 2.05) is 84.9 Å². The molecule has 0 bridgehead atoms. The zero-order valence-corrected chi connectivity index (χ0v) is 24.9. The molecule has 1 aromatic heterocycles. The molecule has 0 aliphatic rings. The van der Waals surface area contributed by atoms with Gasteiger partial charge in [-0.15, -0.1) is 0 Å². The highest BCUT2D eigenvalue weighted by Crippen LogP contribution is 2.29. The van der Waals surface area contributed by atoms with Crippen molar-refractivity contribution in [3.05, 3.63) is 76.2 Å². The number of nitrogens with two attached hydrogens (primary N) is 1. The Kier molecular flexibility index (Phi) is 12.9. The molecule has 40 heavy (non-hydrogen) atoms. The number of aliphatic hydroxyl groups is 2. The monoisotopic (exact) mass is 553 g/mol. The average Bonchev–Trinajstić information content (AvgIpc) is 2.91. The van der Waals surface area contributed by atoms with Crippen molar-refractivity contribution in [3.8, 4) is 0 Å². The fourth-order valence-corrected chi connectivity index (χ4v) is 5.29. The molecule has 2 rings (SSSR count). The van der Waals surface area contributed by atoms with Crippen molar-refractivity contribution in [2.45, 2.75) is 79.6 Å². The van der Waals surface area contributed by atoms with Crippen molar-refractivity contribution in [3.63, 3.8) is 0 Å². The minimum atomic E-state index is -0.843. The van der Waals surface area contributed by atoms with Gasteiger partial charge in [-0.3, -0.25) is 0 Å². The van der Waals surface area contributed by atoms with Crippen LogP contribution >= 0.6 is 0 Å². The molecule has 1 heterocycles. The average molecular weight is 554 g/mol. The lowest BCUT2D eigenvalue weighted by Crippen LogP contribution is -2.41. The largest absolute Gasteiger partial charge is 0.445 e. The summed E-state index contributed by atoms with van der Waals surface area (Å²) in [5.41, 5.74) is 7.52. The predicted molar refractivity (Wildman–Crippen MR) is 162 cm³/mol. The zero-order valence-electron chi connectivity index (χ0n) is 24.9. The van der Waals surface area contributed by atoms with Gasteiger partial charge in [0.05, 0.1) is 12.2 Å². The molecule has 2 aromatic rings. The van der Waals surface area contributed by atoms with Crippen LogP contribution in [0.5, 0.6) is 0 Å². The number of carbonyl (C=O) groups excluding carboxylic acids is 1. The van der Waals surface area contributed by atoms with Crippen molar-refractivity contribution in [1.29, 1.82) is 0 Å². The van der Waals surface area contributed by atoms with Crippen molar-refractivity contribution < 1.29 is 24.2 Å². The van der Waals surface area contributed by atoms with E-state index >= 15 is 0 Å². The molecule has 1 amide bonds. The van der Waals surface area contributed by atoms with Crippen LogP contribution < -0.4 is 11.4 Å². The first-order valence-electron chi connectivity index (χ1n) is 14.2. The van der Waals surface area contributed by atoms with E-state index in [-0.39, 0.29) is 35.2 Å². The van der Waals surface area contributed by atoms with Crippen LogP contribution in [-0.2, 0) is 4.74 Å². The standard InChI is InChI=1S/C33H47NO6/c1-8-9-10-22(4)32(40-33(34)38)25(7)31(37)24(6)18-20(2)17-23(5)30(36)21(3)11-12-26-13-15-28-27(19-26)14-16-29(35)39-28/h9-17,19,21-25,30-32,36-37H,8,18H2,1-7H3,(H2,34,38)/t21?,22?,23-,24-,25-,30-,31+,32-/m0/s1. The number of benzene rings is 1. The molecule has 7 heteroatoms. The smallest absolute Gasteiger partial charge is 0.404 e. The van der Waals surface area contributed by atoms with Crippen molar-refractivity contribution in [1.82, 2.24) is 0 Å². The van der Waals surface area contributed by atoms with Crippen LogP contribution in [0.1, 0.15) is 66.9 Å². The highest BCUT2D eigenvalue weighted by atomic mass is 16.6. The summed E-state index contributed by atoms with van der Waals surface area (Å²) in [7, 11) is 0. The topological polar surface area (TPSA) is 123 Å². The van der Waals surface area contributed by atoms with E-state index in [9.17, 15) is 19.8 Å². The van der Waals surface area contributed by atoms with E-state index in [0.717, 1.165) is 22.9 Å². The van der Waals surface area contributed by atoms with E-state index in [4.69, 9.17) is 14.9 Å². The number of carbonyl (C=O) groups is 1. The SMILES string of the molecule is CCC=CC(C)[C@H](OC(N)=O)[C@@H](C)[C@H](O)[C@@H](C)CC(C)=C[C@H](C)[C@@H](O)C(C)C=Cc1ccc2oc(=O)ccc2c1. The van der Waals surface area contributed by atoms with Crippen molar-refractivity contribution in [2.75, 3.05) is 0 Å². The lowest BCUT2D eigenvalue weighted by atomic mass is 9.81. The molecule has 8 atom stereocenters. The summed E-state index contributed by atoms with van der Waals surface area (Å²) >= 11 is 0. The van der Waals surface area contributed by atoms with Crippen LogP contribution in [0.15, 0.2) is 69.4 Å². The van der Waals surface area contributed by atoms with Crippen LogP contribution in [0.2, 0.25) is 0 Å². The molecule has 0 aliphatic carbocycles. The molecule has 4 N–H and O–H groups in total. The maximum absolute atomic E-state index is 11.5. The zero-order chi connectivity index (χ0) is 30.0. The fraction of sp³-hybridized carbons (Fsp3) is 0.515. The molecular formula is C33H47NO6. The minimum Gasteiger partial charge on any atom is -0.445 e. The number of amides is 1. The summed E-state index contributed by atoms with van der Waals surface area (Å²) in [6.07, 6.45) is 8.84. The molecule has 220 valence electrons. The second-order valence-corrected chi connectivity index (χ2v) is 11.3. The van der Waals surface area contributed by atoms with Crippen LogP contribution in [0.4, 0.5) is 4.79 Å². The third-order valence-corrected chi connectivity index (χ3v) is 7.59. The molecule has 0 aliphatic heterocycles. The Bertz CT molecular complexity index is 1240. The number of rotatable bonds is 14. The lowest BCUT2D eigenvalue weighted by Gasteiger charge is -2.33. The first-order chi connectivity index (χ1) is 18.8.